The third-order valence-corrected chi connectivity index (χ3v) is 7.79. The van der Waals surface area contributed by atoms with Gasteiger partial charge in [0.1, 0.15) is 12.4 Å². The number of hydrogen-bond acceptors (Lipinski definition) is 4. The summed E-state index contributed by atoms with van der Waals surface area (Å²) in [4.78, 5) is 12.8. The fourth-order valence-corrected chi connectivity index (χ4v) is 5.23. The molecule has 2 aromatic rings. The van der Waals surface area contributed by atoms with E-state index in [1.807, 2.05) is 19.1 Å². The second-order valence-corrected chi connectivity index (χ2v) is 11.3. The van der Waals surface area contributed by atoms with Gasteiger partial charge in [-0.2, -0.15) is 4.31 Å². The summed E-state index contributed by atoms with van der Waals surface area (Å²) in [5.41, 5.74) is 2.36. The molecule has 1 saturated heterocycles. The molecule has 1 heterocycles. The Balaban J connectivity index is 1.41. The minimum Gasteiger partial charge on any atom is -0.492 e. The summed E-state index contributed by atoms with van der Waals surface area (Å²) in [5, 5.41) is 2.92. The zero-order chi connectivity index (χ0) is 23.4. The van der Waals surface area contributed by atoms with Gasteiger partial charge in [0.05, 0.1) is 11.4 Å². The van der Waals surface area contributed by atoms with Crippen LogP contribution in [0.25, 0.3) is 0 Å². The maximum absolute atomic E-state index is 12.8. The molecule has 1 aliphatic heterocycles. The molecule has 1 amide bonds. The van der Waals surface area contributed by atoms with E-state index in [4.69, 9.17) is 4.74 Å². The monoisotopic (exact) mass is 458 g/mol. The number of benzene rings is 2. The van der Waals surface area contributed by atoms with Crippen molar-refractivity contribution >= 4 is 15.9 Å². The summed E-state index contributed by atoms with van der Waals surface area (Å²) in [6, 6.07) is 14.9. The van der Waals surface area contributed by atoms with Gasteiger partial charge in [0.25, 0.3) is 0 Å². The van der Waals surface area contributed by atoms with Gasteiger partial charge in [-0.15, -0.1) is 0 Å². The van der Waals surface area contributed by atoms with Crippen LogP contribution in [-0.2, 0) is 20.2 Å². The first kappa shape index (κ1) is 24.3. The van der Waals surface area contributed by atoms with E-state index in [0.29, 0.717) is 44.0 Å². The van der Waals surface area contributed by atoms with E-state index in [-0.39, 0.29) is 17.2 Å². The van der Waals surface area contributed by atoms with E-state index in [2.05, 4.69) is 38.2 Å². The predicted octanol–water partition coefficient (Wildman–Crippen LogP) is 3.89. The van der Waals surface area contributed by atoms with Crippen LogP contribution in [0.2, 0.25) is 0 Å². The van der Waals surface area contributed by atoms with E-state index in [9.17, 15) is 13.2 Å². The Morgan fingerprint density at radius 1 is 1.03 bits per heavy atom. The lowest BCUT2D eigenvalue weighted by molar-refractivity contribution is -0.126. The Kier molecular flexibility index (Phi) is 7.62. The van der Waals surface area contributed by atoms with E-state index in [1.54, 1.807) is 24.3 Å². The number of piperidine rings is 1. The van der Waals surface area contributed by atoms with Crippen LogP contribution < -0.4 is 10.1 Å². The normalized spacial score (nSPS) is 16.0. The lowest BCUT2D eigenvalue weighted by Gasteiger charge is -2.30. The van der Waals surface area contributed by atoms with Crippen LogP contribution >= 0.6 is 0 Å². The highest BCUT2D eigenvalue weighted by atomic mass is 32.2. The SMILES string of the molecule is Cc1ccc(S(=O)(=O)N2CCC(C(=O)NCCOc3ccc(C(C)(C)C)cc3)CC2)cc1. The van der Waals surface area contributed by atoms with Crippen molar-refractivity contribution in [1.29, 1.82) is 0 Å². The number of rotatable bonds is 7. The number of ether oxygens (including phenoxy) is 1. The van der Waals surface area contributed by atoms with Gasteiger partial charge < -0.3 is 10.1 Å². The zero-order valence-corrected chi connectivity index (χ0v) is 20.2. The molecule has 0 bridgehead atoms. The molecule has 0 saturated carbocycles. The van der Waals surface area contributed by atoms with Crippen molar-refractivity contribution < 1.29 is 17.9 Å². The Labute approximate surface area is 192 Å². The van der Waals surface area contributed by atoms with Gasteiger partial charge in [0, 0.05) is 19.0 Å². The highest BCUT2D eigenvalue weighted by molar-refractivity contribution is 7.89. The largest absolute Gasteiger partial charge is 0.492 e. The smallest absolute Gasteiger partial charge is 0.243 e. The Morgan fingerprint density at radius 3 is 2.19 bits per heavy atom. The highest BCUT2D eigenvalue weighted by Crippen LogP contribution is 2.25. The second-order valence-electron chi connectivity index (χ2n) is 9.41. The Bertz CT molecular complexity index is 1000. The molecule has 0 radical (unpaired) electrons. The number of nitrogens with one attached hydrogen (secondary N) is 1. The first-order valence-corrected chi connectivity index (χ1v) is 12.6. The third-order valence-electron chi connectivity index (χ3n) is 5.87. The van der Waals surface area contributed by atoms with E-state index in [0.717, 1.165) is 11.3 Å². The van der Waals surface area contributed by atoms with Crippen LogP contribution in [0.15, 0.2) is 53.4 Å². The molecule has 2 aromatic carbocycles. The van der Waals surface area contributed by atoms with Crippen LogP contribution in [0, 0.1) is 12.8 Å². The van der Waals surface area contributed by atoms with Crippen molar-refractivity contribution in [2.24, 2.45) is 5.92 Å². The summed E-state index contributed by atoms with van der Waals surface area (Å²) >= 11 is 0. The first-order chi connectivity index (χ1) is 15.1. The van der Waals surface area contributed by atoms with Crippen LogP contribution in [0.5, 0.6) is 5.75 Å². The predicted molar refractivity (Wildman–Crippen MR) is 126 cm³/mol. The van der Waals surface area contributed by atoms with E-state index >= 15 is 0 Å². The fourth-order valence-electron chi connectivity index (χ4n) is 3.76. The molecule has 0 unspecified atom stereocenters. The van der Waals surface area contributed by atoms with Crippen molar-refractivity contribution in [3.8, 4) is 5.75 Å². The molecule has 174 valence electrons. The van der Waals surface area contributed by atoms with Crippen molar-refractivity contribution in [1.82, 2.24) is 9.62 Å². The van der Waals surface area contributed by atoms with Crippen molar-refractivity contribution in [3.05, 3.63) is 59.7 Å². The number of carbonyl (C=O) groups is 1. The maximum atomic E-state index is 12.8. The van der Waals surface area contributed by atoms with Gasteiger partial charge >= 0.3 is 0 Å². The quantitative estimate of drug-likeness (QED) is 0.639. The van der Waals surface area contributed by atoms with Crippen molar-refractivity contribution in [2.45, 2.75) is 50.8 Å². The van der Waals surface area contributed by atoms with Gasteiger partial charge in [-0.1, -0.05) is 50.6 Å². The molecule has 1 aliphatic rings. The molecular weight excluding hydrogens is 424 g/mol. The maximum Gasteiger partial charge on any atom is 0.243 e. The van der Waals surface area contributed by atoms with Crippen LogP contribution in [0.1, 0.15) is 44.7 Å². The average Bonchev–Trinajstić information content (AvgIpc) is 2.76. The summed E-state index contributed by atoms with van der Waals surface area (Å²) in [6.07, 6.45) is 1.04. The van der Waals surface area contributed by atoms with Crippen LogP contribution in [0.3, 0.4) is 0 Å². The van der Waals surface area contributed by atoms with Gasteiger partial charge in [0.15, 0.2) is 0 Å². The summed E-state index contributed by atoms with van der Waals surface area (Å²) in [7, 11) is -3.51. The van der Waals surface area contributed by atoms with Crippen LogP contribution in [-0.4, -0.2) is 44.9 Å². The molecule has 7 heteroatoms. The molecule has 0 aromatic heterocycles. The Hall–Kier alpha value is -2.38. The lowest BCUT2D eigenvalue weighted by atomic mass is 9.87. The number of hydrogen-bond donors (Lipinski definition) is 1. The third kappa shape index (κ3) is 6.11. The molecule has 3 rings (SSSR count). The minimum absolute atomic E-state index is 0.0379. The van der Waals surface area contributed by atoms with Gasteiger partial charge in [-0.05, 0) is 55.0 Å². The van der Waals surface area contributed by atoms with Crippen molar-refractivity contribution in [2.75, 3.05) is 26.2 Å². The summed E-state index contributed by atoms with van der Waals surface area (Å²) in [6.45, 7) is 9.94. The molecule has 0 aliphatic carbocycles. The topological polar surface area (TPSA) is 75.7 Å². The molecule has 0 spiro atoms. The average molecular weight is 459 g/mol. The van der Waals surface area contributed by atoms with E-state index in [1.165, 1.54) is 9.87 Å². The minimum atomic E-state index is -3.51. The van der Waals surface area contributed by atoms with Crippen molar-refractivity contribution in [3.63, 3.8) is 0 Å². The van der Waals surface area contributed by atoms with E-state index < -0.39 is 10.0 Å². The number of aryl methyl sites for hydroxylation is 1. The zero-order valence-electron chi connectivity index (χ0n) is 19.4. The molecular formula is C25H34N2O4S. The molecule has 1 N–H and O–H groups in total. The highest BCUT2D eigenvalue weighted by Gasteiger charge is 2.31. The number of carbonyl (C=O) groups excluding carboxylic acids is 1. The second kappa shape index (κ2) is 10.0. The van der Waals surface area contributed by atoms with Crippen LogP contribution in [0.4, 0.5) is 0 Å². The molecule has 6 nitrogen and oxygen atoms in total. The Morgan fingerprint density at radius 2 is 1.62 bits per heavy atom. The fraction of sp³-hybridized carbons (Fsp3) is 0.480. The lowest BCUT2D eigenvalue weighted by Crippen LogP contribution is -2.43. The molecule has 32 heavy (non-hydrogen) atoms. The number of nitrogens with zero attached hydrogens (tertiary/aromatic N) is 1. The van der Waals surface area contributed by atoms with Gasteiger partial charge in [0.2, 0.25) is 15.9 Å². The number of sulfonamides is 1. The summed E-state index contributed by atoms with van der Waals surface area (Å²) in [5.74, 6) is 0.566. The van der Waals surface area contributed by atoms with Gasteiger partial charge in [-0.25, -0.2) is 8.42 Å². The standard InChI is InChI=1S/C25H34N2O4S/c1-19-5-11-23(12-6-19)32(29,30)27-16-13-20(14-17-27)24(28)26-15-18-31-22-9-7-21(8-10-22)25(2,3)4/h5-12,20H,13-18H2,1-4H3,(H,26,28). The molecule has 0 atom stereocenters. The van der Waals surface area contributed by atoms with Gasteiger partial charge in [-0.3, -0.25) is 4.79 Å². The number of amides is 1. The summed E-state index contributed by atoms with van der Waals surface area (Å²) < 4.78 is 32.8. The first-order valence-electron chi connectivity index (χ1n) is 11.2. The molecule has 1 fully saturated rings.